The summed E-state index contributed by atoms with van der Waals surface area (Å²) in [4.78, 5) is 0. The lowest BCUT2D eigenvalue weighted by molar-refractivity contribution is 0.716. The highest BCUT2D eigenvalue weighted by atomic mass is 79.9. The number of benzene rings is 2. The average molecular weight is 290 g/mol. The Morgan fingerprint density at radius 1 is 1.12 bits per heavy atom. The molecule has 2 rings (SSSR count). The van der Waals surface area contributed by atoms with E-state index in [4.69, 9.17) is 5.73 Å². The van der Waals surface area contributed by atoms with Crippen molar-refractivity contribution in [1.82, 2.24) is 0 Å². The average Bonchev–Trinajstić information content (AvgIpc) is 2.29. The van der Waals surface area contributed by atoms with Crippen LogP contribution in [0.3, 0.4) is 0 Å². The zero-order valence-corrected chi connectivity index (χ0v) is 11.4. The van der Waals surface area contributed by atoms with Crippen LogP contribution in [0.1, 0.15) is 22.7 Å². The molecule has 0 radical (unpaired) electrons. The Kier molecular flexibility index (Phi) is 3.97. The third kappa shape index (κ3) is 3.18. The van der Waals surface area contributed by atoms with Crippen molar-refractivity contribution in [3.63, 3.8) is 0 Å². The molecule has 0 aliphatic rings. The lowest BCUT2D eigenvalue weighted by atomic mass is 9.96. The Morgan fingerprint density at radius 2 is 1.88 bits per heavy atom. The molecule has 88 valence electrons. The van der Waals surface area contributed by atoms with Gasteiger partial charge in [-0.2, -0.15) is 0 Å². The minimum atomic E-state index is 0.0606. The number of rotatable bonds is 3. The van der Waals surface area contributed by atoms with Crippen molar-refractivity contribution < 1.29 is 0 Å². The van der Waals surface area contributed by atoms with Gasteiger partial charge in [-0.25, -0.2) is 0 Å². The monoisotopic (exact) mass is 289 g/mol. The molecule has 0 aromatic heterocycles. The molecule has 0 saturated heterocycles. The smallest absolute Gasteiger partial charge is 0.0338 e. The van der Waals surface area contributed by atoms with Crippen molar-refractivity contribution in [2.75, 3.05) is 0 Å². The highest BCUT2D eigenvalue weighted by Crippen LogP contribution is 2.21. The molecule has 0 aliphatic carbocycles. The highest BCUT2D eigenvalue weighted by molar-refractivity contribution is 9.10. The van der Waals surface area contributed by atoms with Gasteiger partial charge in [0.15, 0.2) is 0 Å². The van der Waals surface area contributed by atoms with E-state index in [0.717, 1.165) is 10.9 Å². The van der Waals surface area contributed by atoms with Crippen LogP contribution in [0.25, 0.3) is 0 Å². The third-order valence-electron chi connectivity index (χ3n) is 2.93. The first-order chi connectivity index (χ1) is 8.16. The van der Waals surface area contributed by atoms with Gasteiger partial charge in [0, 0.05) is 10.5 Å². The van der Waals surface area contributed by atoms with Crippen molar-refractivity contribution >= 4 is 15.9 Å². The Balaban J connectivity index is 2.17. The van der Waals surface area contributed by atoms with E-state index in [1.54, 1.807) is 0 Å². The summed E-state index contributed by atoms with van der Waals surface area (Å²) in [5.74, 6) is 0. The zero-order chi connectivity index (χ0) is 12.3. The first kappa shape index (κ1) is 12.3. The molecule has 0 spiro atoms. The van der Waals surface area contributed by atoms with Gasteiger partial charge in [0.25, 0.3) is 0 Å². The number of aryl methyl sites for hydroxylation is 1. The minimum absolute atomic E-state index is 0.0606. The van der Waals surface area contributed by atoms with E-state index in [2.05, 4.69) is 47.1 Å². The molecule has 0 saturated carbocycles. The maximum absolute atomic E-state index is 6.26. The third-order valence-corrected chi connectivity index (χ3v) is 3.43. The largest absolute Gasteiger partial charge is 0.324 e. The first-order valence-corrected chi connectivity index (χ1v) is 6.51. The molecule has 2 N–H and O–H groups in total. The lowest BCUT2D eigenvalue weighted by Crippen LogP contribution is -2.14. The molecule has 0 fully saturated rings. The predicted octanol–water partition coefficient (Wildman–Crippen LogP) is 4.00. The number of hydrogen-bond donors (Lipinski definition) is 1. The van der Waals surface area contributed by atoms with Crippen LogP contribution in [-0.4, -0.2) is 0 Å². The van der Waals surface area contributed by atoms with Crippen molar-refractivity contribution in [1.29, 1.82) is 0 Å². The molecule has 2 heteroatoms. The van der Waals surface area contributed by atoms with E-state index in [1.807, 2.05) is 24.3 Å². The van der Waals surface area contributed by atoms with Crippen LogP contribution in [0.15, 0.2) is 53.0 Å². The number of halogens is 1. The fraction of sp³-hybridized carbons (Fsp3) is 0.200. The second kappa shape index (κ2) is 5.48. The molecule has 0 bridgehead atoms. The molecule has 1 atom stereocenters. The fourth-order valence-electron chi connectivity index (χ4n) is 2.03. The normalized spacial score (nSPS) is 12.4. The van der Waals surface area contributed by atoms with Gasteiger partial charge in [-0.15, -0.1) is 0 Å². The van der Waals surface area contributed by atoms with Crippen LogP contribution < -0.4 is 5.73 Å². The highest BCUT2D eigenvalue weighted by Gasteiger charge is 2.09. The molecular weight excluding hydrogens is 274 g/mol. The summed E-state index contributed by atoms with van der Waals surface area (Å²) in [5.41, 5.74) is 10.0. The molecule has 0 aliphatic heterocycles. The van der Waals surface area contributed by atoms with E-state index in [-0.39, 0.29) is 6.04 Å². The number of hydrogen-bond acceptors (Lipinski definition) is 1. The summed E-state index contributed by atoms with van der Waals surface area (Å²) in [6.45, 7) is 2.11. The lowest BCUT2D eigenvalue weighted by Gasteiger charge is -2.14. The molecule has 1 nitrogen and oxygen atoms in total. The van der Waals surface area contributed by atoms with Crippen LogP contribution in [-0.2, 0) is 6.42 Å². The van der Waals surface area contributed by atoms with Gasteiger partial charge >= 0.3 is 0 Å². The van der Waals surface area contributed by atoms with Gasteiger partial charge in [0.2, 0.25) is 0 Å². The standard InChI is InChI=1S/C15H16BrN/c1-11-5-2-3-8-14(11)15(17)10-12-6-4-7-13(16)9-12/h2-9,15H,10,17H2,1H3. The Labute approximate surface area is 111 Å². The molecule has 2 aromatic carbocycles. The van der Waals surface area contributed by atoms with Crippen molar-refractivity contribution in [3.05, 3.63) is 69.7 Å². The predicted molar refractivity (Wildman–Crippen MR) is 76.0 cm³/mol. The van der Waals surface area contributed by atoms with Crippen LogP contribution in [0.2, 0.25) is 0 Å². The maximum Gasteiger partial charge on any atom is 0.0338 e. The molecule has 1 unspecified atom stereocenters. The van der Waals surface area contributed by atoms with E-state index in [9.17, 15) is 0 Å². The van der Waals surface area contributed by atoms with Crippen LogP contribution in [0, 0.1) is 6.92 Å². The summed E-state index contributed by atoms with van der Waals surface area (Å²) in [5, 5.41) is 0. The Hall–Kier alpha value is -1.12. The van der Waals surface area contributed by atoms with Crippen molar-refractivity contribution in [2.45, 2.75) is 19.4 Å². The van der Waals surface area contributed by atoms with Crippen molar-refractivity contribution in [3.8, 4) is 0 Å². The Bertz CT molecular complexity index is 508. The zero-order valence-electron chi connectivity index (χ0n) is 9.86. The molecule has 17 heavy (non-hydrogen) atoms. The second-order valence-electron chi connectivity index (χ2n) is 4.30. The van der Waals surface area contributed by atoms with Crippen LogP contribution >= 0.6 is 15.9 Å². The van der Waals surface area contributed by atoms with Crippen LogP contribution in [0.5, 0.6) is 0 Å². The summed E-state index contributed by atoms with van der Waals surface area (Å²) in [6.07, 6.45) is 0.865. The SMILES string of the molecule is Cc1ccccc1C(N)Cc1cccc(Br)c1. The van der Waals surface area contributed by atoms with Gasteiger partial charge in [0.1, 0.15) is 0 Å². The molecule has 2 aromatic rings. The first-order valence-electron chi connectivity index (χ1n) is 5.72. The Morgan fingerprint density at radius 3 is 2.59 bits per heavy atom. The topological polar surface area (TPSA) is 26.0 Å². The van der Waals surface area contributed by atoms with E-state index in [0.29, 0.717) is 0 Å². The van der Waals surface area contributed by atoms with Gasteiger partial charge in [-0.05, 0) is 42.2 Å². The second-order valence-corrected chi connectivity index (χ2v) is 5.21. The summed E-state index contributed by atoms with van der Waals surface area (Å²) in [6, 6.07) is 16.7. The summed E-state index contributed by atoms with van der Waals surface area (Å²) >= 11 is 3.48. The molecule has 0 heterocycles. The fourth-order valence-corrected chi connectivity index (χ4v) is 2.48. The number of nitrogens with two attached hydrogens (primary N) is 1. The summed E-state index contributed by atoms with van der Waals surface area (Å²) < 4.78 is 1.10. The van der Waals surface area contributed by atoms with Crippen LogP contribution in [0.4, 0.5) is 0 Å². The summed E-state index contributed by atoms with van der Waals surface area (Å²) in [7, 11) is 0. The molecular formula is C15H16BrN. The van der Waals surface area contributed by atoms with E-state index >= 15 is 0 Å². The van der Waals surface area contributed by atoms with Gasteiger partial charge < -0.3 is 5.73 Å². The maximum atomic E-state index is 6.26. The van der Waals surface area contributed by atoms with E-state index in [1.165, 1.54) is 16.7 Å². The van der Waals surface area contributed by atoms with Gasteiger partial charge in [0.05, 0.1) is 0 Å². The van der Waals surface area contributed by atoms with Gasteiger partial charge in [-0.3, -0.25) is 0 Å². The van der Waals surface area contributed by atoms with Gasteiger partial charge in [-0.1, -0.05) is 52.3 Å². The minimum Gasteiger partial charge on any atom is -0.324 e. The molecule has 0 amide bonds. The quantitative estimate of drug-likeness (QED) is 0.908. The van der Waals surface area contributed by atoms with E-state index < -0.39 is 0 Å². The van der Waals surface area contributed by atoms with Crippen molar-refractivity contribution in [2.24, 2.45) is 5.73 Å².